The third-order valence-electron chi connectivity index (χ3n) is 1.75. The smallest absolute Gasteiger partial charge is 0.323 e. The highest BCUT2D eigenvalue weighted by molar-refractivity contribution is 5.76. The van der Waals surface area contributed by atoms with Crippen LogP contribution in [-0.2, 0) is 9.53 Å². The summed E-state index contributed by atoms with van der Waals surface area (Å²) in [6.45, 7) is 3.66. The van der Waals surface area contributed by atoms with E-state index >= 15 is 0 Å². The normalized spacial score (nSPS) is 20.0. The van der Waals surface area contributed by atoms with Crippen molar-refractivity contribution in [2.75, 3.05) is 0 Å². The Morgan fingerprint density at radius 2 is 2.09 bits per heavy atom. The van der Waals surface area contributed by atoms with Gasteiger partial charge in [-0.25, -0.2) is 0 Å². The van der Waals surface area contributed by atoms with E-state index in [0.717, 1.165) is 12.8 Å². The molecular formula is C8H15NO2. The summed E-state index contributed by atoms with van der Waals surface area (Å²) in [7, 11) is 0. The fourth-order valence-corrected chi connectivity index (χ4v) is 0.959. The number of nitrogens with two attached hydrogens (primary N) is 1. The number of carbonyl (C=O) groups is 1. The van der Waals surface area contributed by atoms with Crippen LogP contribution in [0.4, 0.5) is 0 Å². The first-order valence-electron chi connectivity index (χ1n) is 4.07. The fourth-order valence-electron chi connectivity index (χ4n) is 0.959. The molecule has 1 rings (SSSR count). The topological polar surface area (TPSA) is 52.3 Å². The third kappa shape index (κ3) is 2.50. The Kier molecular flexibility index (Phi) is 2.49. The Labute approximate surface area is 66.9 Å². The van der Waals surface area contributed by atoms with Crippen LogP contribution in [0.1, 0.15) is 26.7 Å². The maximum atomic E-state index is 11.1. The highest BCUT2D eigenvalue weighted by Crippen LogP contribution is 2.32. The molecule has 3 heteroatoms. The molecule has 0 amide bonds. The van der Waals surface area contributed by atoms with Crippen LogP contribution in [-0.4, -0.2) is 18.1 Å². The molecule has 0 heterocycles. The van der Waals surface area contributed by atoms with Gasteiger partial charge in [0.2, 0.25) is 0 Å². The highest BCUT2D eigenvalue weighted by atomic mass is 16.5. The average Bonchev–Trinajstić information content (AvgIpc) is 2.65. The van der Waals surface area contributed by atoms with Gasteiger partial charge in [-0.2, -0.15) is 0 Å². The number of carbonyl (C=O) groups excluding carboxylic acids is 1. The van der Waals surface area contributed by atoms with E-state index in [4.69, 9.17) is 10.5 Å². The zero-order valence-electron chi connectivity index (χ0n) is 7.04. The van der Waals surface area contributed by atoms with Crippen molar-refractivity contribution >= 4 is 5.97 Å². The maximum Gasteiger partial charge on any atom is 0.323 e. The lowest BCUT2D eigenvalue weighted by Gasteiger charge is -2.12. The second kappa shape index (κ2) is 3.22. The second-order valence-corrected chi connectivity index (χ2v) is 3.35. The van der Waals surface area contributed by atoms with Crippen molar-refractivity contribution in [1.29, 1.82) is 0 Å². The summed E-state index contributed by atoms with van der Waals surface area (Å²) >= 11 is 0. The standard InChI is InChI=1S/C8H15NO2/c1-5(2)11-8(10)7(9)6-3-4-6/h5-7H,3-4,9H2,1-2H3. The van der Waals surface area contributed by atoms with E-state index in [-0.39, 0.29) is 18.1 Å². The van der Waals surface area contributed by atoms with Crippen LogP contribution < -0.4 is 5.73 Å². The van der Waals surface area contributed by atoms with Gasteiger partial charge in [-0.1, -0.05) is 0 Å². The molecule has 2 N–H and O–H groups in total. The van der Waals surface area contributed by atoms with Crippen molar-refractivity contribution in [2.24, 2.45) is 11.7 Å². The molecule has 0 aromatic rings. The molecule has 0 radical (unpaired) electrons. The number of ether oxygens (including phenoxy) is 1. The molecule has 0 aromatic heterocycles. The van der Waals surface area contributed by atoms with Crippen molar-refractivity contribution < 1.29 is 9.53 Å². The number of hydrogen-bond acceptors (Lipinski definition) is 3. The molecule has 0 aromatic carbocycles. The summed E-state index contributed by atoms with van der Waals surface area (Å²) in [5, 5.41) is 0. The lowest BCUT2D eigenvalue weighted by molar-refractivity contribution is -0.149. The van der Waals surface area contributed by atoms with E-state index in [9.17, 15) is 4.79 Å². The van der Waals surface area contributed by atoms with Crippen molar-refractivity contribution in [1.82, 2.24) is 0 Å². The molecule has 64 valence electrons. The summed E-state index contributed by atoms with van der Waals surface area (Å²) < 4.78 is 4.95. The minimum Gasteiger partial charge on any atom is -0.462 e. The maximum absolute atomic E-state index is 11.1. The Balaban J connectivity index is 2.27. The molecule has 11 heavy (non-hydrogen) atoms. The number of hydrogen-bond donors (Lipinski definition) is 1. The Bertz CT molecular complexity index is 152. The zero-order chi connectivity index (χ0) is 8.43. The van der Waals surface area contributed by atoms with Crippen LogP contribution in [0.25, 0.3) is 0 Å². The molecule has 1 aliphatic rings. The van der Waals surface area contributed by atoms with Gasteiger partial charge in [0.25, 0.3) is 0 Å². The molecular weight excluding hydrogens is 142 g/mol. The summed E-state index contributed by atoms with van der Waals surface area (Å²) in [6.07, 6.45) is 2.11. The van der Waals surface area contributed by atoms with Crippen molar-refractivity contribution in [3.8, 4) is 0 Å². The van der Waals surface area contributed by atoms with E-state index in [1.807, 2.05) is 13.8 Å². The van der Waals surface area contributed by atoms with E-state index in [1.165, 1.54) is 0 Å². The molecule has 0 spiro atoms. The molecule has 0 aliphatic heterocycles. The van der Waals surface area contributed by atoms with Crippen molar-refractivity contribution in [3.05, 3.63) is 0 Å². The van der Waals surface area contributed by atoms with Gasteiger partial charge in [0, 0.05) is 0 Å². The minimum absolute atomic E-state index is 0.0488. The van der Waals surface area contributed by atoms with Crippen LogP contribution >= 0.6 is 0 Å². The van der Waals surface area contributed by atoms with Gasteiger partial charge in [-0.05, 0) is 32.6 Å². The van der Waals surface area contributed by atoms with Gasteiger partial charge >= 0.3 is 5.97 Å². The molecule has 1 unspecified atom stereocenters. The van der Waals surface area contributed by atoms with E-state index in [2.05, 4.69) is 0 Å². The quantitative estimate of drug-likeness (QED) is 0.613. The van der Waals surface area contributed by atoms with Gasteiger partial charge in [0.05, 0.1) is 6.10 Å². The van der Waals surface area contributed by atoms with Crippen molar-refractivity contribution in [2.45, 2.75) is 38.8 Å². The first-order chi connectivity index (χ1) is 5.11. The summed E-state index contributed by atoms with van der Waals surface area (Å²) in [4.78, 5) is 11.1. The summed E-state index contributed by atoms with van der Waals surface area (Å²) in [5.41, 5.74) is 5.60. The van der Waals surface area contributed by atoms with Crippen LogP contribution in [0.2, 0.25) is 0 Å². The second-order valence-electron chi connectivity index (χ2n) is 3.35. The molecule has 1 fully saturated rings. The fraction of sp³-hybridized carbons (Fsp3) is 0.875. The van der Waals surface area contributed by atoms with Crippen LogP contribution in [0, 0.1) is 5.92 Å². The highest BCUT2D eigenvalue weighted by Gasteiger charge is 2.34. The van der Waals surface area contributed by atoms with Crippen LogP contribution in [0.5, 0.6) is 0 Å². The molecule has 1 atom stereocenters. The number of esters is 1. The molecule has 1 saturated carbocycles. The van der Waals surface area contributed by atoms with Gasteiger partial charge in [-0.3, -0.25) is 4.79 Å². The predicted octanol–water partition coefficient (Wildman–Crippen LogP) is 0.675. The lowest BCUT2D eigenvalue weighted by atomic mass is 10.2. The third-order valence-corrected chi connectivity index (χ3v) is 1.75. The van der Waals surface area contributed by atoms with Gasteiger partial charge in [0.1, 0.15) is 6.04 Å². The first kappa shape index (κ1) is 8.53. The molecule has 3 nitrogen and oxygen atoms in total. The summed E-state index contributed by atoms with van der Waals surface area (Å²) in [5.74, 6) is 0.142. The van der Waals surface area contributed by atoms with Gasteiger partial charge in [-0.15, -0.1) is 0 Å². The largest absolute Gasteiger partial charge is 0.462 e. The van der Waals surface area contributed by atoms with Crippen LogP contribution in [0.15, 0.2) is 0 Å². The van der Waals surface area contributed by atoms with Gasteiger partial charge < -0.3 is 10.5 Å². The van der Waals surface area contributed by atoms with E-state index in [1.54, 1.807) is 0 Å². The lowest BCUT2D eigenvalue weighted by Crippen LogP contribution is -2.35. The molecule has 0 saturated heterocycles. The zero-order valence-corrected chi connectivity index (χ0v) is 7.04. The molecule has 1 aliphatic carbocycles. The SMILES string of the molecule is CC(C)OC(=O)C(N)C1CC1. The van der Waals surface area contributed by atoms with E-state index in [0.29, 0.717) is 5.92 Å². The van der Waals surface area contributed by atoms with Gasteiger partial charge in [0.15, 0.2) is 0 Å². The number of rotatable bonds is 3. The Hall–Kier alpha value is -0.570. The van der Waals surface area contributed by atoms with Crippen LogP contribution in [0.3, 0.4) is 0 Å². The van der Waals surface area contributed by atoms with Crippen molar-refractivity contribution in [3.63, 3.8) is 0 Å². The summed E-state index contributed by atoms with van der Waals surface area (Å²) in [6, 6.07) is -0.377. The Morgan fingerprint density at radius 3 is 2.45 bits per heavy atom. The average molecular weight is 157 g/mol. The monoisotopic (exact) mass is 157 g/mol. The minimum atomic E-state index is -0.377. The van der Waals surface area contributed by atoms with E-state index < -0.39 is 0 Å². The molecule has 0 bridgehead atoms. The predicted molar refractivity (Wildman–Crippen MR) is 41.9 cm³/mol. The Morgan fingerprint density at radius 1 is 1.55 bits per heavy atom. The first-order valence-corrected chi connectivity index (χ1v) is 4.07.